The third-order valence-corrected chi connectivity index (χ3v) is 5.46. The van der Waals surface area contributed by atoms with Gasteiger partial charge < -0.3 is 5.32 Å². The van der Waals surface area contributed by atoms with Gasteiger partial charge in [0.2, 0.25) is 5.91 Å². The topological polar surface area (TPSA) is 49.4 Å². The molecule has 1 saturated heterocycles. The van der Waals surface area contributed by atoms with Crippen LogP contribution in [0.5, 0.6) is 0 Å². The van der Waals surface area contributed by atoms with Gasteiger partial charge in [-0.1, -0.05) is 0 Å². The van der Waals surface area contributed by atoms with Crippen molar-refractivity contribution in [1.29, 1.82) is 0 Å². The predicted molar refractivity (Wildman–Crippen MR) is 78.4 cm³/mol. The maximum atomic E-state index is 13.2. The highest BCUT2D eigenvalue weighted by Gasteiger charge is 2.40. The van der Waals surface area contributed by atoms with E-state index in [1.54, 1.807) is 4.31 Å². The fourth-order valence-corrected chi connectivity index (χ4v) is 3.40. The molecule has 0 aliphatic carbocycles. The summed E-state index contributed by atoms with van der Waals surface area (Å²) in [6, 6.07) is 2.19. The maximum Gasteiger partial charge on any atom is 0.419 e. The molecule has 1 aliphatic rings. The second-order valence-electron chi connectivity index (χ2n) is 5.69. The maximum absolute atomic E-state index is 13.2. The van der Waals surface area contributed by atoms with Crippen molar-refractivity contribution >= 4 is 22.6 Å². The summed E-state index contributed by atoms with van der Waals surface area (Å²) in [6.45, 7) is 4.12. The number of carbonyl (C=O) groups excluding carboxylic acids is 1. The van der Waals surface area contributed by atoms with Crippen molar-refractivity contribution in [2.75, 3.05) is 18.4 Å². The average molecular weight is 352 g/mol. The van der Waals surface area contributed by atoms with Crippen LogP contribution in [0, 0.1) is 5.82 Å². The SMILES string of the molecule is CC(C)(C(=O)Nc1ccc(F)c(C(F)(F)F)c1)S(=O)N1CCC1. The van der Waals surface area contributed by atoms with E-state index in [0.29, 0.717) is 25.2 Å². The smallest absolute Gasteiger partial charge is 0.325 e. The number of anilines is 1. The van der Waals surface area contributed by atoms with Crippen molar-refractivity contribution in [3.63, 3.8) is 0 Å². The number of hydrogen-bond donors (Lipinski definition) is 1. The Morgan fingerprint density at radius 1 is 1.26 bits per heavy atom. The molecular formula is C14H16F4N2O2S. The van der Waals surface area contributed by atoms with Gasteiger partial charge in [-0.2, -0.15) is 13.2 Å². The zero-order valence-electron chi connectivity index (χ0n) is 12.5. The van der Waals surface area contributed by atoms with Gasteiger partial charge in [0, 0.05) is 18.8 Å². The molecule has 1 aliphatic heterocycles. The van der Waals surface area contributed by atoms with Crippen LogP contribution in [0.25, 0.3) is 0 Å². The molecule has 1 aromatic carbocycles. The zero-order valence-corrected chi connectivity index (χ0v) is 13.4. The Morgan fingerprint density at radius 3 is 2.35 bits per heavy atom. The van der Waals surface area contributed by atoms with Gasteiger partial charge in [0.05, 0.1) is 5.56 Å². The van der Waals surface area contributed by atoms with Crippen LogP contribution in [0.15, 0.2) is 18.2 Å². The lowest BCUT2D eigenvalue weighted by Gasteiger charge is -2.35. The molecule has 1 amide bonds. The fourth-order valence-electron chi connectivity index (χ4n) is 1.96. The van der Waals surface area contributed by atoms with Crippen molar-refractivity contribution < 1.29 is 26.6 Å². The Balaban J connectivity index is 2.18. The first kappa shape index (κ1) is 17.9. The summed E-state index contributed by atoms with van der Waals surface area (Å²) in [5.41, 5.74) is -1.66. The molecule has 0 aromatic heterocycles. The molecule has 1 fully saturated rings. The summed E-state index contributed by atoms with van der Waals surface area (Å²) >= 11 is 0. The molecule has 0 bridgehead atoms. The normalized spacial score (nSPS) is 17.5. The molecule has 0 radical (unpaired) electrons. The van der Waals surface area contributed by atoms with Crippen LogP contribution in [0.2, 0.25) is 0 Å². The summed E-state index contributed by atoms with van der Waals surface area (Å²) in [5, 5.41) is 2.28. The minimum Gasteiger partial charge on any atom is -0.325 e. The van der Waals surface area contributed by atoms with Crippen LogP contribution in [-0.2, 0) is 22.0 Å². The first-order chi connectivity index (χ1) is 10.5. The summed E-state index contributed by atoms with van der Waals surface area (Å²) in [5.74, 6) is -2.11. The van der Waals surface area contributed by atoms with E-state index in [0.717, 1.165) is 12.5 Å². The monoisotopic (exact) mass is 352 g/mol. The number of rotatable bonds is 4. The van der Waals surface area contributed by atoms with Gasteiger partial charge >= 0.3 is 6.18 Å². The van der Waals surface area contributed by atoms with Crippen LogP contribution in [0.4, 0.5) is 23.2 Å². The molecule has 1 atom stereocenters. The number of benzene rings is 1. The number of nitrogens with zero attached hydrogens (tertiary/aromatic N) is 1. The van der Waals surface area contributed by atoms with Crippen molar-refractivity contribution in [2.24, 2.45) is 0 Å². The fraction of sp³-hybridized carbons (Fsp3) is 0.500. The molecule has 1 unspecified atom stereocenters. The lowest BCUT2D eigenvalue weighted by atomic mass is 10.1. The Labute approximate surface area is 133 Å². The molecule has 0 saturated carbocycles. The van der Waals surface area contributed by atoms with Gasteiger partial charge in [0.15, 0.2) is 0 Å². The van der Waals surface area contributed by atoms with Crippen LogP contribution in [0.1, 0.15) is 25.8 Å². The molecule has 9 heteroatoms. The van der Waals surface area contributed by atoms with Crippen LogP contribution in [0.3, 0.4) is 0 Å². The quantitative estimate of drug-likeness (QED) is 0.847. The Bertz CT molecular complexity index is 642. The Hall–Kier alpha value is -1.48. The second kappa shape index (κ2) is 6.20. The minimum absolute atomic E-state index is 0.197. The standard InChI is InChI=1S/C14H16F4N2O2S/c1-13(2,23(22)20-6-3-7-20)12(21)19-9-4-5-11(15)10(8-9)14(16,17)18/h4-5,8H,3,6-7H2,1-2H3,(H,19,21). The highest BCUT2D eigenvalue weighted by molar-refractivity contribution is 7.85. The number of nitrogens with one attached hydrogen (secondary N) is 1. The zero-order chi connectivity index (χ0) is 17.4. The second-order valence-corrected chi connectivity index (χ2v) is 7.72. The van der Waals surface area contributed by atoms with E-state index >= 15 is 0 Å². The first-order valence-corrected chi connectivity index (χ1v) is 7.99. The van der Waals surface area contributed by atoms with Gasteiger partial charge in [-0.3, -0.25) is 4.79 Å². The van der Waals surface area contributed by atoms with Crippen molar-refractivity contribution in [1.82, 2.24) is 4.31 Å². The van der Waals surface area contributed by atoms with Crippen LogP contribution < -0.4 is 5.32 Å². The summed E-state index contributed by atoms with van der Waals surface area (Å²) in [7, 11) is -1.59. The first-order valence-electron chi connectivity index (χ1n) is 6.88. The summed E-state index contributed by atoms with van der Waals surface area (Å²) in [4.78, 5) is 12.3. The summed E-state index contributed by atoms with van der Waals surface area (Å²) in [6.07, 6.45) is -3.98. The Kier molecular flexibility index (Phi) is 4.81. The van der Waals surface area contributed by atoms with E-state index in [9.17, 15) is 26.6 Å². The van der Waals surface area contributed by atoms with Gasteiger partial charge in [0.1, 0.15) is 21.5 Å². The van der Waals surface area contributed by atoms with E-state index in [1.165, 1.54) is 13.8 Å². The van der Waals surface area contributed by atoms with Crippen molar-refractivity contribution in [2.45, 2.75) is 31.2 Å². The van der Waals surface area contributed by atoms with Crippen LogP contribution >= 0.6 is 0 Å². The number of halogens is 4. The number of carbonyl (C=O) groups is 1. The van der Waals surface area contributed by atoms with Crippen molar-refractivity contribution in [3.05, 3.63) is 29.6 Å². The molecule has 2 rings (SSSR count). The minimum atomic E-state index is -4.86. The van der Waals surface area contributed by atoms with Crippen molar-refractivity contribution in [3.8, 4) is 0 Å². The highest BCUT2D eigenvalue weighted by atomic mass is 32.2. The van der Waals surface area contributed by atoms with Crippen LogP contribution in [-0.4, -0.2) is 32.3 Å². The molecule has 128 valence electrons. The number of alkyl halides is 3. The van der Waals surface area contributed by atoms with Gasteiger partial charge in [-0.25, -0.2) is 12.9 Å². The van der Waals surface area contributed by atoms with E-state index in [4.69, 9.17) is 0 Å². The van der Waals surface area contributed by atoms with Gasteiger partial charge in [-0.05, 0) is 38.5 Å². The summed E-state index contributed by atoms with van der Waals surface area (Å²) < 4.78 is 63.9. The van der Waals surface area contributed by atoms with E-state index < -0.39 is 39.2 Å². The third-order valence-electron chi connectivity index (χ3n) is 3.56. The molecule has 0 spiro atoms. The third kappa shape index (κ3) is 3.72. The largest absolute Gasteiger partial charge is 0.419 e. The van der Waals surface area contributed by atoms with Gasteiger partial charge in [0.25, 0.3) is 0 Å². The number of hydrogen-bond acceptors (Lipinski definition) is 2. The van der Waals surface area contributed by atoms with E-state index in [2.05, 4.69) is 5.32 Å². The number of amides is 1. The molecular weight excluding hydrogens is 336 g/mol. The average Bonchev–Trinajstić information content (AvgIpc) is 2.37. The van der Waals surface area contributed by atoms with E-state index in [1.807, 2.05) is 0 Å². The molecule has 23 heavy (non-hydrogen) atoms. The van der Waals surface area contributed by atoms with Gasteiger partial charge in [-0.15, -0.1) is 0 Å². The highest BCUT2D eigenvalue weighted by Crippen LogP contribution is 2.33. The molecule has 1 aromatic rings. The van der Waals surface area contributed by atoms with E-state index in [-0.39, 0.29) is 5.69 Å². The molecule has 1 N–H and O–H groups in total. The molecule has 1 heterocycles. The lowest BCUT2D eigenvalue weighted by Crippen LogP contribution is -2.51. The Morgan fingerprint density at radius 2 is 1.87 bits per heavy atom. The molecule has 4 nitrogen and oxygen atoms in total. The predicted octanol–water partition coefficient (Wildman–Crippen LogP) is 2.93. The lowest BCUT2D eigenvalue weighted by molar-refractivity contribution is -0.140.